The Morgan fingerprint density at radius 3 is 2.77 bits per heavy atom. The van der Waals surface area contributed by atoms with Gasteiger partial charge in [-0.05, 0) is 33.4 Å². The standard InChI is InChI=1S/C15H24N6O/c1-6-16-9(2)8-17-15(22)13-7-12(18-19-13)14-10(3)20-21(5)11(14)4/h7,9,16H,6,8H2,1-5H3,(H,17,22)(H,18,19)/t9-/m1/s1. The number of aromatic amines is 1. The molecule has 0 bridgehead atoms. The van der Waals surface area contributed by atoms with Crippen molar-refractivity contribution < 1.29 is 4.79 Å². The van der Waals surface area contributed by atoms with Gasteiger partial charge in [0.1, 0.15) is 5.69 Å². The maximum atomic E-state index is 12.1. The first kappa shape index (κ1) is 16.2. The summed E-state index contributed by atoms with van der Waals surface area (Å²) in [5.41, 5.74) is 4.10. The Morgan fingerprint density at radius 1 is 1.45 bits per heavy atom. The Kier molecular flexibility index (Phi) is 4.97. The number of aryl methyl sites for hydroxylation is 2. The minimum Gasteiger partial charge on any atom is -0.349 e. The third-order valence-corrected chi connectivity index (χ3v) is 3.71. The van der Waals surface area contributed by atoms with Crippen LogP contribution in [0.2, 0.25) is 0 Å². The van der Waals surface area contributed by atoms with E-state index >= 15 is 0 Å². The SMILES string of the molecule is CCN[C@H](C)CNC(=O)c1cc(-c2c(C)nn(C)c2C)n[nH]1. The van der Waals surface area contributed by atoms with Crippen LogP contribution in [0.5, 0.6) is 0 Å². The summed E-state index contributed by atoms with van der Waals surface area (Å²) in [6.45, 7) is 9.45. The second-order valence-corrected chi connectivity index (χ2v) is 5.51. The second-order valence-electron chi connectivity index (χ2n) is 5.51. The molecule has 1 amide bonds. The molecule has 0 saturated carbocycles. The van der Waals surface area contributed by atoms with E-state index in [0.717, 1.165) is 29.2 Å². The van der Waals surface area contributed by atoms with E-state index in [4.69, 9.17) is 0 Å². The number of nitrogens with one attached hydrogen (secondary N) is 3. The third-order valence-electron chi connectivity index (χ3n) is 3.71. The summed E-state index contributed by atoms with van der Waals surface area (Å²) < 4.78 is 1.82. The zero-order chi connectivity index (χ0) is 16.3. The summed E-state index contributed by atoms with van der Waals surface area (Å²) in [7, 11) is 1.90. The molecule has 120 valence electrons. The molecule has 0 aromatic carbocycles. The Labute approximate surface area is 130 Å². The van der Waals surface area contributed by atoms with Gasteiger partial charge in [-0.15, -0.1) is 0 Å². The molecule has 0 spiro atoms. The van der Waals surface area contributed by atoms with E-state index in [-0.39, 0.29) is 11.9 Å². The molecule has 0 aliphatic heterocycles. The number of aromatic nitrogens is 4. The summed E-state index contributed by atoms with van der Waals surface area (Å²) >= 11 is 0. The average Bonchev–Trinajstić information content (AvgIpc) is 3.03. The van der Waals surface area contributed by atoms with Crippen molar-refractivity contribution in [3.63, 3.8) is 0 Å². The van der Waals surface area contributed by atoms with Gasteiger partial charge in [0, 0.05) is 30.9 Å². The monoisotopic (exact) mass is 304 g/mol. The van der Waals surface area contributed by atoms with Crippen LogP contribution in [0.25, 0.3) is 11.3 Å². The molecule has 1 atom stereocenters. The van der Waals surface area contributed by atoms with Gasteiger partial charge in [-0.2, -0.15) is 10.2 Å². The summed E-state index contributed by atoms with van der Waals surface area (Å²) in [6.07, 6.45) is 0. The van der Waals surface area contributed by atoms with E-state index in [1.165, 1.54) is 0 Å². The molecule has 3 N–H and O–H groups in total. The number of rotatable bonds is 6. The molecule has 7 heteroatoms. The third kappa shape index (κ3) is 3.36. The first-order valence-electron chi connectivity index (χ1n) is 7.51. The van der Waals surface area contributed by atoms with Gasteiger partial charge >= 0.3 is 0 Å². The van der Waals surface area contributed by atoms with Gasteiger partial charge in [-0.1, -0.05) is 6.92 Å². The number of H-pyrrole nitrogens is 1. The van der Waals surface area contributed by atoms with Gasteiger partial charge < -0.3 is 10.6 Å². The second kappa shape index (κ2) is 6.74. The number of nitrogens with zero attached hydrogens (tertiary/aromatic N) is 3. The summed E-state index contributed by atoms with van der Waals surface area (Å²) in [5.74, 6) is -0.150. The van der Waals surface area contributed by atoms with Gasteiger partial charge in [0.15, 0.2) is 0 Å². The van der Waals surface area contributed by atoms with E-state index in [0.29, 0.717) is 12.2 Å². The average molecular weight is 304 g/mol. The lowest BCUT2D eigenvalue weighted by Crippen LogP contribution is -2.38. The lowest BCUT2D eigenvalue weighted by molar-refractivity contribution is 0.0945. The van der Waals surface area contributed by atoms with Crippen molar-refractivity contribution in [1.82, 2.24) is 30.6 Å². The van der Waals surface area contributed by atoms with E-state index in [9.17, 15) is 4.79 Å². The topological polar surface area (TPSA) is 87.6 Å². The van der Waals surface area contributed by atoms with Gasteiger partial charge in [0.2, 0.25) is 0 Å². The molecule has 0 saturated heterocycles. The van der Waals surface area contributed by atoms with Crippen LogP contribution in [0.4, 0.5) is 0 Å². The molecular formula is C15H24N6O. The fraction of sp³-hybridized carbons (Fsp3) is 0.533. The Morgan fingerprint density at radius 2 is 2.18 bits per heavy atom. The number of hydrogen-bond acceptors (Lipinski definition) is 4. The number of carbonyl (C=O) groups is 1. The predicted molar refractivity (Wildman–Crippen MR) is 85.7 cm³/mol. The molecule has 2 aromatic heterocycles. The van der Waals surface area contributed by atoms with Gasteiger partial charge in [0.05, 0.1) is 11.4 Å². The van der Waals surface area contributed by atoms with Crippen molar-refractivity contribution in [2.45, 2.75) is 33.7 Å². The first-order valence-corrected chi connectivity index (χ1v) is 7.51. The predicted octanol–water partition coefficient (Wildman–Crippen LogP) is 1.15. The summed E-state index contributed by atoms with van der Waals surface area (Å²) in [4.78, 5) is 12.1. The van der Waals surface area contributed by atoms with Crippen LogP contribution in [0, 0.1) is 13.8 Å². The Balaban J connectivity index is 2.09. The normalized spacial score (nSPS) is 12.4. The highest BCUT2D eigenvalue weighted by Crippen LogP contribution is 2.24. The smallest absolute Gasteiger partial charge is 0.269 e. The number of amides is 1. The Bertz CT molecular complexity index is 657. The molecule has 2 heterocycles. The van der Waals surface area contributed by atoms with E-state index in [2.05, 4.69) is 25.9 Å². The van der Waals surface area contributed by atoms with Crippen molar-refractivity contribution in [2.24, 2.45) is 7.05 Å². The van der Waals surface area contributed by atoms with Crippen LogP contribution in [-0.2, 0) is 7.05 Å². The van der Waals surface area contributed by atoms with Crippen LogP contribution >= 0.6 is 0 Å². The van der Waals surface area contributed by atoms with E-state index < -0.39 is 0 Å². The van der Waals surface area contributed by atoms with E-state index in [1.807, 2.05) is 39.4 Å². The largest absolute Gasteiger partial charge is 0.349 e. The molecule has 2 aromatic rings. The van der Waals surface area contributed by atoms with Crippen molar-refractivity contribution in [3.8, 4) is 11.3 Å². The van der Waals surface area contributed by atoms with Crippen LogP contribution < -0.4 is 10.6 Å². The quantitative estimate of drug-likeness (QED) is 0.747. The first-order chi connectivity index (χ1) is 10.4. The number of carbonyl (C=O) groups excluding carboxylic acids is 1. The Hall–Kier alpha value is -2.15. The molecular weight excluding hydrogens is 280 g/mol. The highest BCUT2D eigenvalue weighted by Gasteiger charge is 2.17. The molecule has 0 radical (unpaired) electrons. The molecule has 7 nitrogen and oxygen atoms in total. The molecule has 0 fully saturated rings. The maximum absolute atomic E-state index is 12.1. The molecule has 2 rings (SSSR count). The fourth-order valence-corrected chi connectivity index (χ4v) is 2.47. The molecule has 0 aliphatic carbocycles. The lowest BCUT2D eigenvalue weighted by atomic mass is 10.1. The minimum atomic E-state index is -0.150. The van der Waals surface area contributed by atoms with Crippen LogP contribution in [0.1, 0.15) is 35.7 Å². The summed E-state index contributed by atoms with van der Waals surface area (Å²) in [5, 5.41) is 17.6. The van der Waals surface area contributed by atoms with Crippen molar-refractivity contribution >= 4 is 5.91 Å². The van der Waals surface area contributed by atoms with Gasteiger partial charge in [-0.25, -0.2) is 0 Å². The highest BCUT2D eigenvalue weighted by molar-refractivity contribution is 5.93. The fourth-order valence-electron chi connectivity index (χ4n) is 2.47. The van der Waals surface area contributed by atoms with Crippen LogP contribution in [0.3, 0.4) is 0 Å². The zero-order valence-electron chi connectivity index (χ0n) is 13.8. The number of likely N-dealkylation sites (N-methyl/N-ethyl adjacent to an activating group) is 1. The molecule has 0 unspecified atom stereocenters. The van der Waals surface area contributed by atoms with Crippen molar-refractivity contribution in [3.05, 3.63) is 23.1 Å². The van der Waals surface area contributed by atoms with Crippen molar-refractivity contribution in [1.29, 1.82) is 0 Å². The molecule has 22 heavy (non-hydrogen) atoms. The van der Waals surface area contributed by atoms with Crippen LogP contribution in [-0.4, -0.2) is 45.0 Å². The minimum absolute atomic E-state index is 0.150. The van der Waals surface area contributed by atoms with Gasteiger partial charge in [-0.3, -0.25) is 14.6 Å². The van der Waals surface area contributed by atoms with E-state index in [1.54, 1.807) is 6.07 Å². The van der Waals surface area contributed by atoms with Gasteiger partial charge in [0.25, 0.3) is 5.91 Å². The zero-order valence-corrected chi connectivity index (χ0v) is 13.8. The maximum Gasteiger partial charge on any atom is 0.269 e. The van der Waals surface area contributed by atoms with Crippen molar-refractivity contribution in [2.75, 3.05) is 13.1 Å². The lowest BCUT2D eigenvalue weighted by Gasteiger charge is -2.12. The number of hydrogen-bond donors (Lipinski definition) is 3. The highest BCUT2D eigenvalue weighted by atomic mass is 16.1. The molecule has 0 aliphatic rings. The summed E-state index contributed by atoms with van der Waals surface area (Å²) in [6, 6.07) is 2.00. The van der Waals surface area contributed by atoms with Crippen LogP contribution in [0.15, 0.2) is 6.07 Å².